The van der Waals surface area contributed by atoms with Gasteiger partial charge in [0, 0.05) is 0 Å². The minimum Gasteiger partial charge on any atom is -0.487 e. The van der Waals surface area contributed by atoms with Crippen LogP contribution in [0.5, 0.6) is 23.0 Å². The summed E-state index contributed by atoms with van der Waals surface area (Å²) in [6, 6.07) is 14.3. The van der Waals surface area contributed by atoms with Gasteiger partial charge in [-0.05, 0) is 52.0 Å². The van der Waals surface area contributed by atoms with E-state index in [4.69, 9.17) is 14.2 Å². The number of rotatable bonds is 6. The van der Waals surface area contributed by atoms with Crippen molar-refractivity contribution in [2.45, 2.75) is 39.9 Å². The van der Waals surface area contributed by atoms with Crippen molar-refractivity contribution < 1.29 is 14.2 Å². The first kappa shape index (κ1) is 18.2. The second-order valence-electron chi connectivity index (χ2n) is 5.92. The van der Waals surface area contributed by atoms with Gasteiger partial charge in [-0.3, -0.25) is 0 Å². The highest BCUT2D eigenvalue weighted by Crippen LogP contribution is 2.42. The third kappa shape index (κ3) is 4.43. The van der Waals surface area contributed by atoms with Crippen molar-refractivity contribution >= 4 is 0 Å². The molecule has 0 atom stereocenters. The number of para-hydroxylation sites is 1. The molecule has 2 aromatic carbocycles. The van der Waals surface area contributed by atoms with Gasteiger partial charge < -0.3 is 14.2 Å². The first-order chi connectivity index (χ1) is 12.0. The van der Waals surface area contributed by atoms with Crippen LogP contribution in [0.2, 0.25) is 0 Å². The standard InChI is InChI=1S/C20H20N2O3/c1-13(2)23-18-9-6-10-19(24-14(3)4)20(18)25-17-8-5-7-15(11-21)16(17)12-22/h5-10,13-14H,1-4H3. The molecule has 128 valence electrons. The smallest absolute Gasteiger partial charge is 0.211 e. The second-order valence-corrected chi connectivity index (χ2v) is 5.92. The minimum absolute atomic E-state index is 0.0578. The molecule has 0 spiro atoms. The molecule has 5 nitrogen and oxygen atoms in total. The van der Waals surface area contributed by atoms with E-state index in [-0.39, 0.29) is 29.1 Å². The average molecular weight is 336 g/mol. The zero-order valence-corrected chi connectivity index (χ0v) is 14.7. The molecule has 0 N–H and O–H groups in total. The zero-order chi connectivity index (χ0) is 18.4. The summed E-state index contributed by atoms with van der Waals surface area (Å²) < 4.78 is 17.6. The lowest BCUT2D eigenvalue weighted by Crippen LogP contribution is -2.10. The Morgan fingerprint density at radius 2 is 1.28 bits per heavy atom. The Hall–Kier alpha value is -3.18. The predicted molar refractivity (Wildman–Crippen MR) is 93.9 cm³/mol. The van der Waals surface area contributed by atoms with Crippen molar-refractivity contribution in [1.82, 2.24) is 0 Å². The van der Waals surface area contributed by atoms with Crippen LogP contribution in [0.3, 0.4) is 0 Å². The van der Waals surface area contributed by atoms with Crippen molar-refractivity contribution in [3.05, 3.63) is 47.5 Å². The van der Waals surface area contributed by atoms with Gasteiger partial charge in [-0.25, -0.2) is 0 Å². The highest BCUT2D eigenvalue weighted by Gasteiger charge is 2.18. The summed E-state index contributed by atoms with van der Waals surface area (Å²) >= 11 is 0. The van der Waals surface area contributed by atoms with Gasteiger partial charge in [-0.1, -0.05) is 12.1 Å². The lowest BCUT2D eigenvalue weighted by molar-refractivity contribution is 0.214. The maximum Gasteiger partial charge on any atom is 0.211 e. The molecule has 0 saturated heterocycles. The van der Waals surface area contributed by atoms with Gasteiger partial charge in [0.25, 0.3) is 0 Å². The highest BCUT2D eigenvalue weighted by molar-refractivity contribution is 5.58. The van der Waals surface area contributed by atoms with Crippen LogP contribution in [0.4, 0.5) is 0 Å². The minimum atomic E-state index is -0.0578. The molecule has 0 radical (unpaired) electrons. The number of nitriles is 2. The molecule has 0 aliphatic carbocycles. The Labute approximate surface area is 148 Å². The van der Waals surface area contributed by atoms with E-state index in [0.717, 1.165) is 0 Å². The van der Waals surface area contributed by atoms with Gasteiger partial charge in [0.2, 0.25) is 5.75 Å². The van der Waals surface area contributed by atoms with Crippen molar-refractivity contribution in [3.63, 3.8) is 0 Å². The van der Waals surface area contributed by atoms with Crippen LogP contribution in [-0.4, -0.2) is 12.2 Å². The number of ether oxygens (including phenoxy) is 3. The fraction of sp³-hybridized carbons (Fsp3) is 0.300. The van der Waals surface area contributed by atoms with Crippen LogP contribution in [0.25, 0.3) is 0 Å². The van der Waals surface area contributed by atoms with Crippen molar-refractivity contribution in [1.29, 1.82) is 10.5 Å². The van der Waals surface area contributed by atoms with Crippen LogP contribution in [-0.2, 0) is 0 Å². The number of nitrogens with zero attached hydrogens (tertiary/aromatic N) is 2. The quantitative estimate of drug-likeness (QED) is 0.757. The Kier molecular flexibility index (Phi) is 5.87. The molecule has 0 heterocycles. The first-order valence-electron chi connectivity index (χ1n) is 8.03. The van der Waals surface area contributed by atoms with Crippen LogP contribution in [0.1, 0.15) is 38.8 Å². The van der Waals surface area contributed by atoms with E-state index in [1.54, 1.807) is 30.3 Å². The summed E-state index contributed by atoms with van der Waals surface area (Å²) in [5.74, 6) is 1.70. The molecule has 25 heavy (non-hydrogen) atoms. The monoisotopic (exact) mass is 336 g/mol. The molecule has 0 fully saturated rings. The lowest BCUT2D eigenvalue weighted by atomic mass is 10.1. The molecule has 0 saturated carbocycles. The lowest BCUT2D eigenvalue weighted by Gasteiger charge is -2.20. The van der Waals surface area contributed by atoms with Gasteiger partial charge in [0.1, 0.15) is 23.5 Å². The summed E-state index contributed by atoms with van der Waals surface area (Å²) in [7, 11) is 0. The van der Waals surface area contributed by atoms with Crippen molar-refractivity contribution in [2.75, 3.05) is 0 Å². The molecule has 0 unspecified atom stereocenters. The number of hydrogen-bond acceptors (Lipinski definition) is 5. The Morgan fingerprint density at radius 1 is 0.760 bits per heavy atom. The molecule has 2 aromatic rings. The third-order valence-electron chi connectivity index (χ3n) is 3.14. The molecule has 2 rings (SSSR count). The molecule has 0 aliphatic heterocycles. The predicted octanol–water partition coefficient (Wildman–Crippen LogP) is 4.80. The SMILES string of the molecule is CC(C)Oc1cccc(OC(C)C)c1Oc1cccc(C#N)c1C#N. The van der Waals surface area contributed by atoms with E-state index in [2.05, 4.69) is 0 Å². The zero-order valence-electron chi connectivity index (χ0n) is 14.7. The molecule has 0 aliphatic rings. The molecule has 0 aromatic heterocycles. The van der Waals surface area contributed by atoms with Crippen molar-refractivity contribution in [2.24, 2.45) is 0 Å². The molecule has 0 bridgehead atoms. The summed E-state index contributed by atoms with van der Waals surface area (Å²) in [5, 5.41) is 18.6. The van der Waals surface area contributed by atoms with Crippen molar-refractivity contribution in [3.8, 4) is 35.1 Å². The van der Waals surface area contributed by atoms with Crippen LogP contribution >= 0.6 is 0 Å². The van der Waals surface area contributed by atoms with Crippen LogP contribution in [0, 0.1) is 22.7 Å². The van der Waals surface area contributed by atoms with Crippen LogP contribution in [0.15, 0.2) is 36.4 Å². The maximum atomic E-state index is 9.39. The number of benzene rings is 2. The summed E-state index contributed by atoms with van der Waals surface area (Å²) in [4.78, 5) is 0. The van der Waals surface area contributed by atoms with Gasteiger partial charge in [-0.15, -0.1) is 0 Å². The first-order valence-corrected chi connectivity index (χ1v) is 8.03. The third-order valence-corrected chi connectivity index (χ3v) is 3.14. The van der Waals surface area contributed by atoms with E-state index >= 15 is 0 Å². The topological polar surface area (TPSA) is 75.3 Å². The summed E-state index contributed by atoms with van der Waals surface area (Å²) in [6.45, 7) is 7.65. The van der Waals surface area contributed by atoms with E-state index in [1.165, 1.54) is 0 Å². The van der Waals surface area contributed by atoms with E-state index < -0.39 is 0 Å². The Balaban J connectivity index is 2.54. The Morgan fingerprint density at radius 3 is 1.76 bits per heavy atom. The summed E-state index contributed by atoms with van der Waals surface area (Å²) in [6.07, 6.45) is -0.116. The van der Waals surface area contributed by atoms with Crippen LogP contribution < -0.4 is 14.2 Å². The fourth-order valence-corrected chi connectivity index (χ4v) is 2.22. The van der Waals surface area contributed by atoms with Gasteiger partial charge >= 0.3 is 0 Å². The van der Waals surface area contributed by atoms with E-state index in [1.807, 2.05) is 45.9 Å². The number of hydrogen-bond donors (Lipinski definition) is 0. The molecular weight excluding hydrogens is 316 g/mol. The van der Waals surface area contributed by atoms with Gasteiger partial charge in [0.15, 0.2) is 11.5 Å². The second kappa shape index (κ2) is 8.08. The van der Waals surface area contributed by atoms with E-state index in [9.17, 15) is 10.5 Å². The maximum absolute atomic E-state index is 9.39. The summed E-state index contributed by atoms with van der Waals surface area (Å²) in [5.41, 5.74) is 0.438. The molecular formula is C20H20N2O3. The Bertz CT molecular complexity index is 802. The average Bonchev–Trinajstić information content (AvgIpc) is 2.56. The molecule has 0 amide bonds. The normalized spacial score (nSPS) is 10.2. The van der Waals surface area contributed by atoms with Gasteiger partial charge in [0.05, 0.1) is 17.8 Å². The highest BCUT2D eigenvalue weighted by atomic mass is 16.5. The molecule has 5 heteroatoms. The van der Waals surface area contributed by atoms with Gasteiger partial charge in [-0.2, -0.15) is 10.5 Å². The largest absolute Gasteiger partial charge is 0.487 e. The fourth-order valence-electron chi connectivity index (χ4n) is 2.22. The van der Waals surface area contributed by atoms with E-state index in [0.29, 0.717) is 17.2 Å².